The summed E-state index contributed by atoms with van der Waals surface area (Å²) in [6.07, 6.45) is 0. The molecule has 1 saturated heterocycles. The van der Waals surface area contributed by atoms with Crippen LogP contribution in [0.4, 0.5) is 0 Å². The van der Waals surface area contributed by atoms with Crippen molar-refractivity contribution in [3.63, 3.8) is 0 Å². The van der Waals surface area contributed by atoms with Crippen LogP contribution in [0.5, 0.6) is 0 Å². The molecule has 90 valence electrons. The van der Waals surface area contributed by atoms with Gasteiger partial charge in [0.25, 0.3) is 0 Å². The Morgan fingerprint density at radius 3 is 2.56 bits per heavy atom. The van der Waals surface area contributed by atoms with E-state index < -0.39 is 0 Å². The first-order valence-corrected chi connectivity index (χ1v) is 5.82. The summed E-state index contributed by atoms with van der Waals surface area (Å²) in [5, 5.41) is 4.12. The maximum Gasteiger partial charge on any atom is 0.150 e. The SMILES string of the molecule is CC(C)(C)c1cc(CN2CCOCC2)on1. The fourth-order valence-electron chi connectivity index (χ4n) is 1.72. The Morgan fingerprint density at radius 2 is 2.00 bits per heavy atom. The van der Waals surface area contributed by atoms with Gasteiger partial charge in [-0.1, -0.05) is 25.9 Å². The van der Waals surface area contributed by atoms with Gasteiger partial charge in [-0.2, -0.15) is 0 Å². The van der Waals surface area contributed by atoms with Gasteiger partial charge in [-0.3, -0.25) is 4.90 Å². The lowest BCUT2D eigenvalue weighted by molar-refractivity contribution is 0.0305. The average molecular weight is 224 g/mol. The number of rotatable bonds is 2. The lowest BCUT2D eigenvalue weighted by Gasteiger charge is -2.25. The number of aromatic nitrogens is 1. The van der Waals surface area contributed by atoms with Crippen molar-refractivity contribution in [3.8, 4) is 0 Å². The molecule has 0 amide bonds. The minimum atomic E-state index is 0.0623. The number of hydrogen-bond donors (Lipinski definition) is 0. The number of nitrogens with zero attached hydrogens (tertiary/aromatic N) is 2. The molecule has 0 aliphatic carbocycles. The molecule has 0 aromatic carbocycles. The molecule has 0 saturated carbocycles. The molecule has 0 spiro atoms. The first-order chi connectivity index (χ1) is 7.55. The Balaban J connectivity index is 1.97. The average Bonchev–Trinajstić information content (AvgIpc) is 2.67. The van der Waals surface area contributed by atoms with Crippen molar-refractivity contribution in [2.24, 2.45) is 0 Å². The zero-order chi connectivity index (χ0) is 11.6. The molecular weight excluding hydrogens is 204 g/mol. The molecule has 0 atom stereocenters. The van der Waals surface area contributed by atoms with E-state index in [9.17, 15) is 0 Å². The minimum absolute atomic E-state index is 0.0623. The number of ether oxygens (including phenoxy) is 1. The normalized spacial score (nSPS) is 18.9. The van der Waals surface area contributed by atoms with Gasteiger partial charge in [-0.25, -0.2) is 0 Å². The van der Waals surface area contributed by atoms with Gasteiger partial charge < -0.3 is 9.26 Å². The quantitative estimate of drug-likeness (QED) is 0.768. The molecule has 0 bridgehead atoms. The standard InChI is InChI=1S/C12H20N2O2/c1-12(2,3)11-8-10(16-13-11)9-14-4-6-15-7-5-14/h8H,4-7,9H2,1-3H3. The maximum atomic E-state index is 5.36. The van der Waals surface area contributed by atoms with Crippen LogP contribution in [0.1, 0.15) is 32.2 Å². The number of morpholine rings is 1. The smallest absolute Gasteiger partial charge is 0.150 e. The molecule has 1 aromatic heterocycles. The molecule has 1 aliphatic rings. The van der Waals surface area contributed by atoms with Gasteiger partial charge in [0.1, 0.15) is 0 Å². The monoisotopic (exact) mass is 224 g/mol. The van der Waals surface area contributed by atoms with E-state index in [0.717, 1.165) is 44.3 Å². The molecular formula is C12H20N2O2. The van der Waals surface area contributed by atoms with Crippen LogP contribution in [0.3, 0.4) is 0 Å². The minimum Gasteiger partial charge on any atom is -0.379 e. The van der Waals surface area contributed by atoms with Gasteiger partial charge in [0.2, 0.25) is 0 Å². The Kier molecular flexibility index (Phi) is 3.30. The molecule has 2 rings (SSSR count). The molecule has 1 aliphatic heterocycles. The molecule has 1 fully saturated rings. The molecule has 16 heavy (non-hydrogen) atoms. The van der Waals surface area contributed by atoms with E-state index >= 15 is 0 Å². The lowest BCUT2D eigenvalue weighted by atomic mass is 9.92. The van der Waals surface area contributed by atoms with Crippen LogP contribution in [0, 0.1) is 0 Å². The summed E-state index contributed by atoms with van der Waals surface area (Å²) in [7, 11) is 0. The van der Waals surface area contributed by atoms with E-state index in [4.69, 9.17) is 9.26 Å². The highest BCUT2D eigenvalue weighted by molar-refractivity contribution is 5.13. The second kappa shape index (κ2) is 4.55. The predicted molar refractivity (Wildman–Crippen MR) is 61.3 cm³/mol. The fourth-order valence-corrected chi connectivity index (χ4v) is 1.72. The number of hydrogen-bond acceptors (Lipinski definition) is 4. The van der Waals surface area contributed by atoms with E-state index in [1.165, 1.54) is 0 Å². The molecule has 0 N–H and O–H groups in total. The topological polar surface area (TPSA) is 38.5 Å². The summed E-state index contributed by atoms with van der Waals surface area (Å²) in [4.78, 5) is 2.33. The van der Waals surface area contributed by atoms with Gasteiger partial charge in [0.15, 0.2) is 5.76 Å². The second-order valence-electron chi connectivity index (χ2n) is 5.32. The second-order valence-corrected chi connectivity index (χ2v) is 5.32. The first-order valence-electron chi connectivity index (χ1n) is 5.82. The molecule has 4 heteroatoms. The van der Waals surface area contributed by atoms with E-state index in [1.807, 2.05) is 0 Å². The highest BCUT2D eigenvalue weighted by Gasteiger charge is 2.20. The van der Waals surface area contributed by atoms with Crippen LogP contribution in [-0.2, 0) is 16.7 Å². The van der Waals surface area contributed by atoms with Crippen LogP contribution in [0.25, 0.3) is 0 Å². The van der Waals surface area contributed by atoms with Crippen molar-refractivity contribution >= 4 is 0 Å². The van der Waals surface area contributed by atoms with E-state index in [1.54, 1.807) is 0 Å². The van der Waals surface area contributed by atoms with Gasteiger partial charge >= 0.3 is 0 Å². The summed E-state index contributed by atoms with van der Waals surface area (Å²) in [5.74, 6) is 0.951. The lowest BCUT2D eigenvalue weighted by Crippen LogP contribution is -2.35. The van der Waals surface area contributed by atoms with Crippen LogP contribution >= 0.6 is 0 Å². The van der Waals surface area contributed by atoms with Crippen molar-refractivity contribution in [2.75, 3.05) is 26.3 Å². The van der Waals surface area contributed by atoms with Crippen LogP contribution in [-0.4, -0.2) is 36.4 Å². The summed E-state index contributed by atoms with van der Waals surface area (Å²) in [6.45, 7) is 10.9. The molecule has 1 aromatic rings. The van der Waals surface area contributed by atoms with Crippen molar-refractivity contribution in [1.82, 2.24) is 10.1 Å². The predicted octanol–water partition coefficient (Wildman–Crippen LogP) is 1.80. The van der Waals surface area contributed by atoms with Crippen LogP contribution in [0.15, 0.2) is 10.6 Å². The van der Waals surface area contributed by atoms with Crippen molar-refractivity contribution in [1.29, 1.82) is 0 Å². The summed E-state index contributed by atoms with van der Waals surface area (Å²) >= 11 is 0. The third kappa shape index (κ3) is 2.83. The third-order valence-electron chi connectivity index (χ3n) is 2.81. The largest absolute Gasteiger partial charge is 0.379 e. The van der Waals surface area contributed by atoms with Gasteiger partial charge in [-0.15, -0.1) is 0 Å². The highest BCUT2D eigenvalue weighted by atomic mass is 16.5. The maximum absolute atomic E-state index is 5.36. The highest BCUT2D eigenvalue weighted by Crippen LogP contribution is 2.22. The van der Waals surface area contributed by atoms with E-state index in [0.29, 0.717) is 0 Å². The zero-order valence-corrected chi connectivity index (χ0v) is 10.3. The van der Waals surface area contributed by atoms with Crippen molar-refractivity contribution in [3.05, 3.63) is 17.5 Å². The Bertz CT molecular complexity index is 335. The zero-order valence-electron chi connectivity index (χ0n) is 10.3. The Labute approximate surface area is 96.5 Å². The van der Waals surface area contributed by atoms with Gasteiger partial charge in [0.05, 0.1) is 25.5 Å². The van der Waals surface area contributed by atoms with Crippen LogP contribution < -0.4 is 0 Å². The molecule has 2 heterocycles. The van der Waals surface area contributed by atoms with Crippen LogP contribution in [0.2, 0.25) is 0 Å². The summed E-state index contributed by atoms with van der Waals surface area (Å²) < 4.78 is 10.7. The van der Waals surface area contributed by atoms with Crippen molar-refractivity contribution < 1.29 is 9.26 Å². The molecule has 0 radical (unpaired) electrons. The van der Waals surface area contributed by atoms with Gasteiger partial charge in [-0.05, 0) is 0 Å². The Morgan fingerprint density at radius 1 is 1.31 bits per heavy atom. The van der Waals surface area contributed by atoms with E-state index in [-0.39, 0.29) is 5.41 Å². The Hall–Kier alpha value is -0.870. The first kappa shape index (κ1) is 11.6. The summed E-state index contributed by atoms with van der Waals surface area (Å²) in [6, 6.07) is 2.06. The molecule has 4 nitrogen and oxygen atoms in total. The molecule has 0 unspecified atom stereocenters. The van der Waals surface area contributed by atoms with Crippen molar-refractivity contribution in [2.45, 2.75) is 32.7 Å². The van der Waals surface area contributed by atoms with Gasteiger partial charge in [0, 0.05) is 24.6 Å². The fraction of sp³-hybridized carbons (Fsp3) is 0.750. The van der Waals surface area contributed by atoms with E-state index in [2.05, 4.69) is 36.9 Å². The summed E-state index contributed by atoms with van der Waals surface area (Å²) in [5.41, 5.74) is 1.09. The third-order valence-corrected chi connectivity index (χ3v) is 2.81.